The first-order chi connectivity index (χ1) is 35.5. The van der Waals surface area contributed by atoms with Gasteiger partial charge in [-0.05, 0) is 12.8 Å². The molecule has 41 nitrogen and oxygen atoms in total. The van der Waals surface area contributed by atoms with Crippen molar-refractivity contribution in [2.75, 3.05) is 34.5 Å². The van der Waals surface area contributed by atoms with E-state index in [1.165, 1.54) is 26.8 Å². The van der Waals surface area contributed by atoms with Gasteiger partial charge < -0.3 is 176 Å². The van der Waals surface area contributed by atoms with Crippen molar-refractivity contribution in [1.29, 1.82) is 0 Å². The molecule has 16 rings (SSSR count). The largest absolute Gasteiger partial charge is 0.665 e. The van der Waals surface area contributed by atoms with Crippen LogP contribution in [0.1, 0.15) is 12.8 Å². The quantitative estimate of drug-likeness (QED) is 0.143. The van der Waals surface area contributed by atoms with E-state index in [0.29, 0.717) is 0 Å². The second kappa shape index (κ2) is 17.3. The monoisotopic (exact) mass is 1420 g/mol. The molecular weight excluding hydrogens is 1380 g/mol. The summed E-state index contributed by atoms with van der Waals surface area (Å²) in [6, 6.07) is 0. The van der Waals surface area contributed by atoms with Gasteiger partial charge in [0, 0.05) is 73.8 Å². The molecular formula is C18H46O41Si18. The Balaban J connectivity index is 1.05. The van der Waals surface area contributed by atoms with Gasteiger partial charge in [0.1, 0.15) is 18.3 Å². The Bertz CT molecular complexity index is 2480. The van der Waals surface area contributed by atoms with Gasteiger partial charge in [-0.2, -0.15) is 0 Å². The first-order valence-corrected chi connectivity index (χ1v) is 55.9. The summed E-state index contributed by atoms with van der Waals surface area (Å²) in [6.07, 6.45) is -10.0. The normalized spacial score (nSPS) is 62.9. The second-order valence-corrected chi connectivity index (χ2v) is 64.8. The second-order valence-electron chi connectivity index (χ2n) is 18.8. The Morgan fingerprint density at radius 3 is 1.13 bits per heavy atom. The van der Waals surface area contributed by atoms with Crippen LogP contribution in [0.4, 0.5) is 0 Å². The van der Waals surface area contributed by atoms with E-state index in [1.54, 1.807) is 0 Å². The van der Waals surface area contributed by atoms with Gasteiger partial charge in [-0.3, -0.25) is 0 Å². The summed E-state index contributed by atoms with van der Waals surface area (Å²) in [6.45, 7) is 5.77. The summed E-state index contributed by atoms with van der Waals surface area (Å²) in [4.78, 5) is 75.9. The van der Waals surface area contributed by atoms with E-state index >= 15 is 0 Å². The van der Waals surface area contributed by atoms with E-state index in [-0.39, 0.29) is 13.0 Å². The molecule has 16 saturated heterocycles. The van der Waals surface area contributed by atoms with Gasteiger partial charge in [-0.15, -0.1) is 0 Å². The zero-order valence-corrected chi connectivity index (χ0v) is 58.7. The average Bonchev–Trinajstić information content (AvgIpc) is 3.67. The van der Waals surface area contributed by atoms with E-state index in [2.05, 4.69) is 0 Å². The van der Waals surface area contributed by atoms with E-state index in [1.807, 2.05) is 0 Å². The minimum atomic E-state index is -6.19. The molecule has 16 fully saturated rings. The van der Waals surface area contributed by atoms with E-state index in [4.69, 9.17) is 147 Å². The SMILES string of the molecule is CO[Si]12OC3CCO[Si](C)(O[Si]4(O)O[Si](C)(O1)O[Si]15OC3C3O[Si]6(O[Si](C)(O[Si]7(O)O[Si](C)(O6)O[Si]68OC3C3CCO[Si]9(O)O[Si]%10(O)O[Si](C)(O[Si](O)(O7)O6)O[Si](O3)(O[Si](C)(O%10)O[Si](OC)(OC)O9)O8)O[Si](O)(O4)O1)O5)O2. The number of hydrogen-bond acceptors (Lipinski definition) is 41. The smallest absolute Gasteiger partial charge is 0.374 e. The molecule has 0 aromatic carbocycles. The third kappa shape index (κ3) is 9.73. The van der Waals surface area contributed by atoms with Crippen LogP contribution >= 0.6 is 0 Å². The molecule has 0 aromatic heterocycles. The molecule has 22 bridgehead atoms. The van der Waals surface area contributed by atoms with Gasteiger partial charge in [-0.1, -0.05) is 0 Å². The lowest BCUT2D eigenvalue weighted by Gasteiger charge is -2.54. The van der Waals surface area contributed by atoms with Crippen molar-refractivity contribution in [3.05, 3.63) is 0 Å². The van der Waals surface area contributed by atoms with Crippen LogP contribution in [0.15, 0.2) is 0 Å². The Morgan fingerprint density at radius 2 is 0.649 bits per heavy atom. The highest BCUT2D eigenvalue weighted by Crippen LogP contribution is 2.54. The highest BCUT2D eigenvalue weighted by molar-refractivity contribution is 6.99. The Labute approximate surface area is 452 Å². The summed E-state index contributed by atoms with van der Waals surface area (Å²) in [5.74, 6) is 0. The fourth-order valence-electron chi connectivity index (χ4n) is 10.1. The molecule has 22 atom stereocenters. The van der Waals surface area contributed by atoms with Crippen LogP contribution in [0.2, 0.25) is 39.3 Å². The fraction of sp³-hybridized carbons (Fsp3) is 1.00. The van der Waals surface area contributed by atoms with Gasteiger partial charge in [0.25, 0.3) is 0 Å². The van der Waals surface area contributed by atoms with Gasteiger partial charge in [-0.25, -0.2) is 0 Å². The molecule has 0 radical (unpaired) electrons. The van der Waals surface area contributed by atoms with Crippen LogP contribution in [-0.2, 0) is 147 Å². The number of hydrogen-bond donors (Lipinski definition) is 6. The minimum Gasteiger partial charge on any atom is -0.374 e. The third-order valence-electron chi connectivity index (χ3n) is 12.4. The minimum absolute atomic E-state index is 0.263. The maximum atomic E-state index is 13.0. The molecule has 436 valence electrons. The van der Waals surface area contributed by atoms with Crippen LogP contribution in [0.25, 0.3) is 0 Å². The van der Waals surface area contributed by atoms with Gasteiger partial charge in [0.2, 0.25) is 0 Å². The van der Waals surface area contributed by atoms with Crippen molar-refractivity contribution in [2.24, 2.45) is 0 Å². The molecule has 0 saturated carbocycles. The van der Waals surface area contributed by atoms with E-state index in [0.717, 1.165) is 33.9 Å². The van der Waals surface area contributed by atoms with E-state index < -0.39 is 205 Å². The van der Waals surface area contributed by atoms with Gasteiger partial charge in [0.15, 0.2) is 0 Å². The molecule has 77 heavy (non-hydrogen) atoms. The molecule has 16 heterocycles. The Hall–Kier alpha value is 2.26. The molecule has 0 aliphatic carbocycles. The summed E-state index contributed by atoms with van der Waals surface area (Å²) < 4.78 is 225. The molecule has 0 aromatic rings. The van der Waals surface area contributed by atoms with Crippen molar-refractivity contribution in [1.82, 2.24) is 0 Å². The summed E-state index contributed by atoms with van der Waals surface area (Å²) in [7, 11) is -95.1. The first-order valence-electron chi connectivity index (χ1n) is 22.7. The van der Waals surface area contributed by atoms with Crippen molar-refractivity contribution >= 4 is 161 Å². The zero-order valence-electron chi connectivity index (χ0n) is 40.7. The Morgan fingerprint density at radius 1 is 0.299 bits per heavy atom. The van der Waals surface area contributed by atoms with Crippen LogP contribution in [0, 0.1) is 0 Å². The fourth-order valence-corrected chi connectivity index (χ4v) is 86.4. The predicted octanol–water partition coefficient (Wildman–Crippen LogP) is -8.14. The standard InChI is InChI=1S/C18H46O41Si18/c1-25-72(26-2)44-63(7)40-68(21)36-61(5)38-71(24)54-69(22)37-62(6)39-70(23)53-67(20)35-60(4)28-12-10-14-16-18-17-15(11-13-29-66(19,52-68)55-72)31-74(46-61,48-63)58-76(33-17,56-71)51-65(9,42-69)49-75(34-18,47-62)59-77(32-16,57-70)50-64(8,41-67)45-73(27-3,30-14)43-60/h14-24H,10-13H2,1-9H3. The topological polar surface area (TPSA) is 444 Å². The zero-order chi connectivity index (χ0) is 54.5. The van der Waals surface area contributed by atoms with Gasteiger partial charge >= 0.3 is 161 Å². The third-order valence-corrected chi connectivity index (χ3v) is 76.8. The summed E-state index contributed by atoms with van der Waals surface area (Å²) >= 11 is 0. The molecule has 22 unspecified atom stereocenters. The highest BCUT2D eigenvalue weighted by atomic mass is 28.7. The molecule has 6 N–H and O–H groups in total. The van der Waals surface area contributed by atoms with Gasteiger partial charge in [0.05, 0.1) is 12.2 Å². The molecule has 59 heteroatoms. The first kappa shape index (κ1) is 57.0. The predicted molar refractivity (Wildman–Crippen MR) is 246 cm³/mol. The van der Waals surface area contributed by atoms with E-state index in [9.17, 15) is 28.8 Å². The lowest BCUT2D eigenvalue weighted by atomic mass is 9.96. The lowest BCUT2D eigenvalue weighted by Crippen LogP contribution is -2.86. The maximum absolute atomic E-state index is 13.0. The van der Waals surface area contributed by atoms with Crippen LogP contribution in [-0.4, -0.2) is 255 Å². The number of fused-ring (bicyclic) bond motifs is 15. The molecule has 0 amide bonds. The summed E-state index contributed by atoms with van der Waals surface area (Å²) in [5.41, 5.74) is 0. The molecule has 16 aliphatic heterocycles. The highest BCUT2D eigenvalue weighted by Gasteiger charge is 2.90. The molecule has 16 aliphatic rings. The van der Waals surface area contributed by atoms with Crippen LogP contribution in [0.5, 0.6) is 0 Å². The Kier molecular flexibility index (Phi) is 12.8. The van der Waals surface area contributed by atoms with Crippen molar-refractivity contribution < 1.29 is 176 Å². The number of rotatable bonds is 3. The van der Waals surface area contributed by atoms with Crippen molar-refractivity contribution in [3.8, 4) is 0 Å². The van der Waals surface area contributed by atoms with Crippen molar-refractivity contribution in [3.63, 3.8) is 0 Å². The lowest BCUT2D eigenvalue weighted by molar-refractivity contribution is -0.144. The van der Waals surface area contributed by atoms with Crippen LogP contribution < -0.4 is 0 Å². The van der Waals surface area contributed by atoms with Crippen molar-refractivity contribution in [2.45, 2.75) is 82.6 Å². The van der Waals surface area contributed by atoms with Crippen LogP contribution in [0.3, 0.4) is 0 Å². The maximum Gasteiger partial charge on any atom is 0.665 e. The average molecular weight is 1420 g/mol. The summed E-state index contributed by atoms with van der Waals surface area (Å²) in [5, 5.41) is 0. The molecule has 4 spiro atoms.